The topological polar surface area (TPSA) is 207 Å². The maximum absolute atomic E-state index is 6.29. The molecule has 22 nitrogen and oxygen atoms in total. The predicted molar refractivity (Wildman–Crippen MR) is 458 cm³/mol. The van der Waals surface area contributed by atoms with Crippen LogP contribution in [0.15, 0.2) is 292 Å². The summed E-state index contributed by atoms with van der Waals surface area (Å²) >= 11 is 0. The van der Waals surface area contributed by atoms with Gasteiger partial charge in [-0.05, 0) is 187 Å². The summed E-state index contributed by atoms with van der Waals surface area (Å²) in [5, 5.41) is 8.37. The number of aryl methyl sites for hydroxylation is 4. The summed E-state index contributed by atoms with van der Waals surface area (Å²) in [4.78, 5) is 63.6. The number of benzene rings is 7. The summed E-state index contributed by atoms with van der Waals surface area (Å²) < 4.78 is 25.0. The fraction of sp³-hybridized carbons (Fsp3) is 0.140. The zero-order valence-corrected chi connectivity index (χ0v) is 64.5. The molecule has 4 atom stereocenters. The number of hydrogen-bond donors (Lipinski definition) is 0. The molecule has 0 spiro atoms. The molecular weight excluding hydrogens is 1430 g/mol. The van der Waals surface area contributed by atoms with E-state index in [1.165, 1.54) is 0 Å². The molecule has 4 unspecified atom stereocenters. The van der Waals surface area contributed by atoms with E-state index in [0.29, 0.717) is 22.9 Å². The predicted octanol–water partition coefficient (Wildman–Crippen LogP) is 22.4. The highest BCUT2D eigenvalue weighted by Crippen LogP contribution is 2.54. The number of fused-ring (bicyclic) bond motifs is 16. The average molecular weight is 1510 g/mol. The van der Waals surface area contributed by atoms with Gasteiger partial charge in [0, 0.05) is 129 Å². The first-order chi connectivity index (χ1) is 56.4. The fourth-order valence-electron chi connectivity index (χ4n) is 17.1. The van der Waals surface area contributed by atoms with Gasteiger partial charge in [0.2, 0.25) is 22.9 Å². The first kappa shape index (κ1) is 69.4. The molecule has 0 amide bonds. The van der Waals surface area contributed by atoms with E-state index in [0.717, 1.165) is 174 Å². The van der Waals surface area contributed by atoms with Gasteiger partial charge in [-0.2, -0.15) is 0 Å². The molecule has 16 heterocycles. The fourth-order valence-corrected chi connectivity index (χ4v) is 17.1. The first-order valence-electron chi connectivity index (χ1n) is 38.4. The van der Waals surface area contributed by atoms with Gasteiger partial charge in [0.1, 0.15) is 24.7 Å². The Kier molecular flexibility index (Phi) is 16.8. The van der Waals surface area contributed by atoms with Crippen molar-refractivity contribution in [3.63, 3.8) is 0 Å². The SMILES string of the molecule is Cc1ccc2c(oc3ncccc32)c1N1c2cccnc2N(c2ccccc2)C1C.Cc1ccc2c(oc3ncccc32)c1N1c2ncccc2N(c2ccccc2)C1C.Cc1ccc2c(oc3ncccc32)c1N1c2nccnc2N(C)C1C.Cc1ccc2c(oc3ncccc32)c1N1c2nccnc2N(c2ccccc2)C1C. The van der Waals surface area contributed by atoms with Gasteiger partial charge in [-0.25, -0.2) is 49.8 Å². The smallest absolute Gasteiger partial charge is 0.227 e. The Hall–Kier alpha value is -14.8. The quantitative estimate of drug-likeness (QED) is 0.145. The van der Waals surface area contributed by atoms with Crippen LogP contribution in [0.5, 0.6) is 0 Å². The standard InChI is InChI=1S/2C25H20N4O.C24H19N5O.C19H17N5O/c1-16-12-13-19-20-10-6-15-27-25(20)30-23(19)22(16)29-17(2)28(18-8-4-3-5-9-18)24-21(29)11-7-14-26-24;1-16-12-13-19-20-10-6-15-27-25(20)30-23(19)22(16)29-17(2)28(18-8-4-3-5-9-18)21-11-7-14-26-24(21)29;1-15-10-11-18-19-9-6-12-27-24(19)30-21(18)20(15)29-16(2)28(17-7-4-3-5-8-17)22-23(29)26-14-13-25-22;1-11-6-7-13-14-5-4-8-22-19(14)25-16(13)15(11)24-12(2)23(3)17-18(24)21-10-9-20-17/h2*3-15,17H,1-2H3;3-14,16H,1-2H3;4-10,12H,1-3H3. The van der Waals surface area contributed by atoms with Gasteiger partial charge in [-0.1, -0.05) is 103 Å². The van der Waals surface area contributed by atoms with Gasteiger partial charge in [0.05, 0.1) is 34.1 Å². The second-order valence-corrected chi connectivity index (χ2v) is 29.1. The highest BCUT2D eigenvalue weighted by Gasteiger charge is 2.43. The van der Waals surface area contributed by atoms with Crippen molar-refractivity contribution in [3.8, 4) is 0 Å². The molecule has 0 saturated carbocycles. The maximum atomic E-state index is 6.29. The van der Waals surface area contributed by atoms with Crippen molar-refractivity contribution in [1.29, 1.82) is 0 Å². The summed E-state index contributed by atoms with van der Waals surface area (Å²) in [7, 11) is 2.04. The van der Waals surface area contributed by atoms with Crippen LogP contribution in [0.3, 0.4) is 0 Å². The highest BCUT2D eigenvalue weighted by atomic mass is 16.4. The van der Waals surface area contributed by atoms with Crippen LogP contribution in [0.25, 0.3) is 88.3 Å². The zero-order chi connectivity index (χ0) is 77.9. The molecule has 0 fully saturated rings. The van der Waals surface area contributed by atoms with E-state index in [9.17, 15) is 0 Å². The molecule has 0 bridgehead atoms. The van der Waals surface area contributed by atoms with E-state index < -0.39 is 0 Å². The minimum absolute atomic E-state index is 0.0303. The zero-order valence-electron chi connectivity index (χ0n) is 64.5. The molecule has 4 aliphatic heterocycles. The second-order valence-electron chi connectivity index (χ2n) is 29.1. The normalized spacial score (nSPS) is 16.1. The first-order valence-corrected chi connectivity index (χ1v) is 38.4. The molecule has 562 valence electrons. The van der Waals surface area contributed by atoms with Crippen LogP contribution >= 0.6 is 0 Å². The molecule has 7 aromatic carbocycles. The monoisotopic (exact) mass is 1510 g/mol. The van der Waals surface area contributed by atoms with Crippen molar-refractivity contribution in [2.45, 2.75) is 80.1 Å². The average Bonchev–Trinajstić information content (AvgIpc) is 1.60. The van der Waals surface area contributed by atoms with Crippen LogP contribution in [-0.4, -0.2) is 81.6 Å². The number of rotatable bonds is 7. The van der Waals surface area contributed by atoms with Crippen LogP contribution < -0.4 is 39.2 Å². The van der Waals surface area contributed by atoms with E-state index in [4.69, 9.17) is 32.6 Å². The number of para-hydroxylation sites is 3. The molecule has 23 rings (SSSR count). The van der Waals surface area contributed by atoms with Gasteiger partial charge < -0.3 is 42.2 Å². The lowest BCUT2D eigenvalue weighted by atomic mass is 10.1. The number of aromatic nitrogens is 10. The van der Waals surface area contributed by atoms with Gasteiger partial charge >= 0.3 is 0 Å². The Bertz CT molecular complexity index is 6440. The molecule has 0 saturated heterocycles. The van der Waals surface area contributed by atoms with Crippen molar-refractivity contribution < 1.29 is 17.7 Å². The molecule has 22 heteroatoms. The molecule has 0 radical (unpaired) electrons. The van der Waals surface area contributed by atoms with Gasteiger partial charge in [-0.15, -0.1) is 0 Å². The number of pyridine rings is 6. The maximum Gasteiger partial charge on any atom is 0.227 e. The summed E-state index contributed by atoms with van der Waals surface area (Å²) in [6, 6.07) is 72.4. The molecule has 19 aromatic rings. The second kappa shape index (κ2) is 27.9. The van der Waals surface area contributed by atoms with E-state index in [1.807, 2.05) is 98.3 Å². The van der Waals surface area contributed by atoms with Crippen LogP contribution in [-0.2, 0) is 0 Å². The van der Waals surface area contributed by atoms with E-state index >= 15 is 0 Å². The third-order valence-electron chi connectivity index (χ3n) is 22.5. The van der Waals surface area contributed by atoms with Crippen LogP contribution in [0, 0.1) is 27.7 Å². The minimum Gasteiger partial charge on any atom is -0.435 e. The van der Waals surface area contributed by atoms with Crippen LogP contribution in [0.2, 0.25) is 0 Å². The van der Waals surface area contributed by atoms with Crippen molar-refractivity contribution in [2.24, 2.45) is 0 Å². The summed E-state index contributed by atoms with van der Waals surface area (Å²) in [5.41, 5.74) is 20.1. The summed E-state index contributed by atoms with van der Waals surface area (Å²) in [6.45, 7) is 17.2. The minimum atomic E-state index is -0.0322. The van der Waals surface area contributed by atoms with E-state index in [-0.39, 0.29) is 24.7 Å². The number of hydrogen-bond acceptors (Lipinski definition) is 22. The largest absolute Gasteiger partial charge is 0.435 e. The molecule has 4 aliphatic rings. The van der Waals surface area contributed by atoms with Gasteiger partial charge in [0.25, 0.3) is 0 Å². The van der Waals surface area contributed by atoms with Gasteiger partial charge in [-0.3, -0.25) is 14.7 Å². The summed E-state index contributed by atoms with van der Waals surface area (Å²) in [5.74, 6) is 5.25. The van der Waals surface area contributed by atoms with E-state index in [1.54, 1.807) is 49.6 Å². The Morgan fingerprint density at radius 1 is 0.226 bits per heavy atom. The lowest BCUT2D eigenvalue weighted by Gasteiger charge is -2.30. The van der Waals surface area contributed by atoms with Gasteiger partial charge in [0.15, 0.2) is 57.2 Å². The van der Waals surface area contributed by atoms with Crippen molar-refractivity contribution in [1.82, 2.24) is 49.8 Å². The molecule has 115 heavy (non-hydrogen) atoms. The van der Waals surface area contributed by atoms with Crippen LogP contribution in [0.1, 0.15) is 49.9 Å². The Balaban J connectivity index is 0.0000000994. The number of anilines is 15. The van der Waals surface area contributed by atoms with Crippen molar-refractivity contribution in [3.05, 3.63) is 297 Å². The Morgan fingerprint density at radius 2 is 0.496 bits per heavy atom. The molecule has 12 aromatic heterocycles. The molecular formula is C93H76N18O4. The molecule has 0 N–H and O–H groups in total. The Morgan fingerprint density at radius 3 is 0.896 bits per heavy atom. The number of furan rings is 4. The third kappa shape index (κ3) is 11.2. The van der Waals surface area contributed by atoms with Crippen LogP contribution in [0.4, 0.5) is 86.1 Å². The van der Waals surface area contributed by atoms with Crippen molar-refractivity contribution in [2.75, 3.05) is 46.2 Å². The third-order valence-corrected chi connectivity index (χ3v) is 22.5. The summed E-state index contributed by atoms with van der Waals surface area (Å²) in [6.07, 6.45) is 17.8. The van der Waals surface area contributed by atoms with E-state index in [2.05, 4.69) is 263 Å². The lowest BCUT2D eigenvalue weighted by molar-refractivity contribution is 0.647. The molecule has 0 aliphatic carbocycles. The highest BCUT2D eigenvalue weighted by molar-refractivity contribution is 6.14. The van der Waals surface area contributed by atoms with Crippen molar-refractivity contribution >= 4 is 174 Å². The lowest BCUT2D eigenvalue weighted by Crippen LogP contribution is -2.36. The number of nitrogens with zero attached hydrogens (tertiary/aromatic N) is 18. The Labute approximate surface area is 661 Å².